The number of pyridine rings is 3. The molecule has 0 N–H and O–H groups in total. The van der Waals surface area contributed by atoms with Crippen LogP contribution in [0.1, 0.15) is 48.8 Å². The first-order valence-electron chi connectivity index (χ1n) is 10.3. The molecule has 0 bridgehead atoms. The van der Waals surface area contributed by atoms with Crippen molar-refractivity contribution in [1.29, 1.82) is 0 Å². The van der Waals surface area contributed by atoms with Crippen molar-refractivity contribution in [2.45, 2.75) is 39.5 Å². The molecule has 4 heterocycles. The summed E-state index contributed by atoms with van der Waals surface area (Å²) < 4.78 is 0. The molecular formula is C25H24N4. The summed E-state index contributed by atoms with van der Waals surface area (Å²) in [6.45, 7) is 4.25. The van der Waals surface area contributed by atoms with Gasteiger partial charge in [0.25, 0.3) is 0 Å². The number of fused-ring (bicyclic) bond motifs is 4. The van der Waals surface area contributed by atoms with Crippen molar-refractivity contribution in [3.8, 4) is 0 Å². The Bertz CT molecular complexity index is 1190. The topological polar surface area (TPSA) is 51.0 Å². The van der Waals surface area contributed by atoms with Crippen molar-refractivity contribution in [3.63, 3.8) is 0 Å². The van der Waals surface area contributed by atoms with E-state index in [1.54, 1.807) is 0 Å². The second kappa shape index (κ2) is 7.36. The Morgan fingerprint density at radius 1 is 1.00 bits per heavy atom. The Labute approximate surface area is 171 Å². The lowest BCUT2D eigenvalue weighted by molar-refractivity contribution is 0.721. The lowest BCUT2D eigenvalue weighted by atomic mass is 9.85. The largest absolute Gasteiger partial charge is 0.257 e. The van der Waals surface area contributed by atoms with Crippen molar-refractivity contribution in [1.82, 2.24) is 15.0 Å². The number of hydrogen-bond donors (Lipinski definition) is 0. The van der Waals surface area contributed by atoms with Gasteiger partial charge in [0.2, 0.25) is 0 Å². The highest BCUT2D eigenvalue weighted by Crippen LogP contribution is 2.36. The highest BCUT2D eigenvalue weighted by atomic mass is 14.9. The summed E-state index contributed by atoms with van der Waals surface area (Å²) in [6, 6.07) is 12.5. The normalized spacial score (nSPS) is 19.4. The van der Waals surface area contributed by atoms with E-state index in [9.17, 15) is 0 Å². The molecule has 0 saturated heterocycles. The first kappa shape index (κ1) is 17.9. The fourth-order valence-electron chi connectivity index (χ4n) is 4.32. The van der Waals surface area contributed by atoms with Crippen molar-refractivity contribution < 1.29 is 0 Å². The maximum Gasteiger partial charge on any atom is 0.159 e. The van der Waals surface area contributed by atoms with E-state index in [-0.39, 0.29) is 0 Å². The van der Waals surface area contributed by atoms with Gasteiger partial charge >= 0.3 is 0 Å². The maximum atomic E-state index is 5.10. The summed E-state index contributed by atoms with van der Waals surface area (Å²) >= 11 is 0. The molecule has 144 valence electrons. The van der Waals surface area contributed by atoms with Gasteiger partial charge in [-0.3, -0.25) is 9.98 Å². The molecule has 1 aliphatic carbocycles. The molecule has 5 rings (SSSR count). The molecule has 29 heavy (non-hydrogen) atoms. The minimum Gasteiger partial charge on any atom is -0.257 e. The van der Waals surface area contributed by atoms with Crippen LogP contribution >= 0.6 is 0 Å². The predicted molar refractivity (Wildman–Crippen MR) is 118 cm³/mol. The highest BCUT2D eigenvalue weighted by Gasteiger charge is 2.29. The van der Waals surface area contributed by atoms with Crippen molar-refractivity contribution in [2.75, 3.05) is 0 Å². The Kier molecular flexibility index (Phi) is 4.55. The number of aromatic nitrogens is 3. The van der Waals surface area contributed by atoms with E-state index in [2.05, 4.69) is 53.3 Å². The number of hydrogen-bond acceptors (Lipinski definition) is 4. The molecule has 0 spiro atoms. The number of nitrogens with zero attached hydrogens (tertiary/aromatic N) is 4. The van der Waals surface area contributed by atoms with Gasteiger partial charge in [-0.1, -0.05) is 6.08 Å². The number of aryl methyl sites for hydroxylation is 2. The van der Waals surface area contributed by atoms with Gasteiger partial charge in [-0.15, -0.1) is 0 Å². The Balaban J connectivity index is 1.42. The van der Waals surface area contributed by atoms with Gasteiger partial charge in [0.1, 0.15) is 0 Å². The molecule has 0 saturated carbocycles. The summed E-state index contributed by atoms with van der Waals surface area (Å²) in [4.78, 5) is 19.0. The molecule has 3 aromatic rings. The molecule has 0 radical (unpaired) electrons. The summed E-state index contributed by atoms with van der Waals surface area (Å²) in [5.74, 6) is 0.395. The molecule has 4 heteroatoms. The summed E-state index contributed by atoms with van der Waals surface area (Å²) in [5.41, 5.74) is 8.91. The SMILES string of the molecule is CC1=C(CCc2ccc3ccc(C)nc3n2)N=C2c3cccnc3/C=C\CCC21. The summed E-state index contributed by atoms with van der Waals surface area (Å²) in [6.07, 6.45) is 10.2. The first-order chi connectivity index (χ1) is 14.2. The molecule has 4 nitrogen and oxygen atoms in total. The minimum atomic E-state index is 0.395. The van der Waals surface area contributed by atoms with E-state index in [4.69, 9.17) is 9.98 Å². The Morgan fingerprint density at radius 2 is 1.90 bits per heavy atom. The van der Waals surface area contributed by atoms with Crippen LogP contribution in [-0.2, 0) is 6.42 Å². The van der Waals surface area contributed by atoms with Crippen LogP contribution in [0.2, 0.25) is 0 Å². The monoisotopic (exact) mass is 380 g/mol. The van der Waals surface area contributed by atoms with E-state index < -0.39 is 0 Å². The quantitative estimate of drug-likeness (QED) is 0.606. The third kappa shape index (κ3) is 3.39. The predicted octanol–water partition coefficient (Wildman–Crippen LogP) is 5.47. The van der Waals surface area contributed by atoms with Crippen molar-refractivity contribution >= 4 is 22.8 Å². The molecule has 1 aliphatic heterocycles. The molecule has 0 fully saturated rings. The van der Waals surface area contributed by atoms with Crippen LogP contribution in [0.25, 0.3) is 17.1 Å². The lowest BCUT2D eigenvalue weighted by Gasteiger charge is -2.18. The molecule has 1 unspecified atom stereocenters. The van der Waals surface area contributed by atoms with E-state index in [0.717, 1.165) is 53.8 Å². The molecule has 1 atom stereocenters. The van der Waals surface area contributed by atoms with Gasteiger partial charge in [0.05, 0.1) is 11.4 Å². The fraction of sp³-hybridized carbons (Fsp3) is 0.280. The number of allylic oxidation sites excluding steroid dienone is 3. The zero-order valence-corrected chi connectivity index (χ0v) is 16.9. The Morgan fingerprint density at radius 3 is 2.83 bits per heavy atom. The molecule has 0 amide bonds. The van der Waals surface area contributed by atoms with Gasteiger partial charge < -0.3 is 0 Å². The highest BCUT2D eigenvalue weighted by molar-refractivity contribution is 6.08. The molecule has 0 aromatic carbocycles. The smallest absolute Gasteiger partial charge is 0.159 e. The Hall–Kier alpha value is -3.14. The van der Waals surface area contributed by atoms with Gasteiger partial charge in [-0.2, -0.15) is 0 Å². The molecule has 3 aromatic heterocycles. The third-order valence-electron chi connectivity index (χ3n) is 5.94. The van der Waals surface area contributed by atoms with Crippen LogP contribution in [-0.4, -0.2) is 20.7 Å². The van der Waals surface area contributed by atoms with Crippen molar-refractivity contribution in [2.24, 2.45) is 10.9 Å². The number of rotatable bonds is 3. The minimum absolute atomic E-state index is 0.395. The molecular weight excluding hydrogens is 356 g/mol. The summed E-state index contributed by atoms with van der Waals surface area (Å²) in [5, 5.41) is 1.09. The second-order valence-corrected chi connectivity index (χ2v) is 7.90. The standard InChI is InChI=1S/C25H24N4/c1-16-9-10-18-11-12-19(28-25(18)27-16)13-14-22-17(2)20-6-3-4-8-23-21(24(20)29-22)7-5-15-26-23/h4-5,7-12,15,20H,3,6,13-14H2,1-2H3/b8-4-. The van der Waals surface area contributed by atoms with Gasteiger partial charge in [-0.25, -0.2) is 9.97 Å². The first-order valence-corrected chi connectivity index (χ1v) is 10.3. The van der Waals surface area contributed by atoms with Crippen LogP contribution in [0.5, 0.6) is 0 Å². The second-order valence-electron chi connectivity index (χ2n) is 7.90. The van der Waals surface area contributed by atoms with E-state index >= 15 is 0 Å². The maximum absolute atomic E-state index is 5.10. The van der Waals surface area contributed by atoms with Gasteiger partial charge in [-0.05, 0) is 87.6 Å². The third-order valence-corrected chi connectivity index (χ3v) is 5.94. The van der Waals surface area contributed by atoms with E-state index in [1.165, 1.54) is 22.5 Å². The summed E-state index contributed by atoms with van der Waals surface area (Å²) in [7, 11) is 0. The fourth-order valence-corrected chi connectivity index (χ4v) is 4.32. The van der Waals surface area contributed by atoms with Crippen LogP contribution < -0.4 is 0 Å². The lowest BCUT2D eigenvalue weighted by Crippen LogP contribution is -2.16. The average molecular weight is 380 g/mol. The van der Waals surface area contributed by atoms with E-state index in [0.29, 0.717) is 5.92 Å². The van der Waals surface area contributed by atoms with Gasteiger partial charge in [0.15, 0.2) is 5.65 Å². The van der Waals surface area contributed by atoms with Crippen LogP contribution in [0.3, 0.4) is 0 Å². The van der Waals surface area contributed by atoms with E-state index in [1.807, 2.05) is 25.3 Å². The molecule has 2 aliphatic rings. The van der Waals surface area contributed by atoms with Crippen LogP contribution in [0.4, 0.5) is 0 Å². The zero-order chi connectivity index (χ0) is 19.8. The van der Waals surface area contributed by atoms with Crippen LogP contribution in [0, 0.1) is 12.8 Å². The zero-order valence-electron chi connectivity index (χ0n) is 16.9. The van der Waals surface area contributed by atoms with Gasteiger partial charge in [0, 0.05) is 40.1 Å². The van der Waals surface area contributed by atoms with Crippen LogP contribution in [0.15, 0.2) is 64.9 Å². The average Bonchev–Trinajstić information content (AvgIpc) is 3.02. The number of aliphatic imine (C=N–C) groups is 1. The van der Waals surface area contributed by atoms with Crippen molar-refractivity contribution in [3.05, 3.63) is 82.6 Å².